The first-order chi connectivity index (χ1) is 7.95. The summed E-state index contributed by atoms with van der Waals surface area (Å²) < 4.78 is 0. The third-order valence-electron chi connectivity index (χ3n) is 2.11. The van der Waals surface area contributed by atoms with E-state index in [1.54, 1.807) is 0 Å². The molecule has 1 atom stereocenters. The Morgan fingerprint density at radius 2 is 1.59 bits per heavy atom. The number of unbranched alkanes of at least 4 members (excludes halogenated alkanes) is 3. The monoisotopic (exact) mass is 264 g/mol. The van der Waals surface area contributed by atoms with Crippen LogP contribution >= 0.6 is 12.6 Å². The van der Waals surface area contributed by atoms with Crippen LogP contribution in [0.4, 0.5) is 0 Å². The van der Waals surface area contributed by atoms with E-state index in [0.29, 0.717) is 12.8 Å². The van der Waals surface area contributed by atoms with Crippen molar-refractivity contribution >= 4 is 24.6 Å². The lowest BCUT2D eigenvalue weighted by atomic mass is 10.2. The molecule has 0 aliphatic carbocycles. The molecule has 2 N–H and O–H groups in total. The summed E-state index contributed by atoms with van der Waals surface area (Å²) in [5.41, 5.74) is 0. The lowest BCUT2D eigenvalue weighted by Crippen LogP contribution is -2.12. The Balaban J connectivity index is 0. The molecule has 0 aromatic heterocycles. The van der Waals surface area contributed by atoms with Crippen molar-refractivity contribution in [3.8, 4) is 0 Å². The maximum atomic E-state index is 10.1. The number of thiol groups is 1. The molecule has 0 aromatic rings. The molecule has 0 rings (SSSR count). The van der Waals surface area contributed by atoms with Crippen molar-refractivity contribution in [2.24, 2.45) is 0 Å². The summed E-state index contributed by atoms with van der Waals surface area (Å²) in [7, 11) is 0. The van der Waals surface area contributed by atoms with E-state index in [0.717, 1.165) is 32.1 Å². The fourth-order valence-electron chi connectivity index (χ4n) is 1.05. The summed E-state index contributed by atoms with van der Waals surface area (Å²) in [5.74, 6) is -1.50. The molecule has 17 heavy (non-hydrogen) atoms. The molecule has 0 radical (unpaired) electrons. The molecule has 0 spiro atoms. The minimum absolute atomic E-state index is 0.327. The molecule has 0 bridgehead atoms. The van der Waals surface area contributed by atoms with Crippen LogP contribution in [0, 0.1) is 0 Å². The highest BCUT2D eigenvalue weighted by molar-refractivity contribution is 7.81. The first-order valence-electron chi connectivity index (χ1n) is 6.08. The van der Waals surface area contributed by atoms with Crippen molar-refractivity contribution in [2.45, 2.75) is 64.0 Å². The van der Waals surface area contributed by atoms with Gasteiger partial charge in [-0.05, 0) is 12.8 Å². The van der Waals surface area contributed by atoms with Gasteiger partial charge in [-0.15, -0.1) is 0 Å². The fraction of sp³-hybridized carbons (Fsp3) is 0.833. The number of carboxylic acid groups (broad SMARTS) is 2. The van der Waals surface area contributed by atoms with Crippen molar-refractivity contribution in [3.63, 3.8) is 0 Å². The Morgan fingerprint density at radius 3 is 1.94 bits per heavy atom. The van der Waals surface area contributed by atoms with Crippen molar-refractivity contribution in [1.29, 1.82) is 0 Å². The van der Waals surface area contributed by atoms with Crippen LogP contribution in [0.3, 0.4) is 0 Å². The number of hydrogen-bond donors (Lipinski definition) is 3. The van der Waals surface area contributed by atoms with Crippen molar-refractivity contribution in [2.75, 3.05) is 0 Å². The normalized spacial score (nSPS) is 11.2. The number of carboxylic acids is 2. The zero-order valence-corrected chi connectivity index (χ0v) is 11.6. The van der Waals surface area contributed by atoms with Crippen LogP contribution in [0.15, 0.2) is 0 Å². The van der Waals surface area contributed by atoms with E-state index in [2.05, 4.69) is 19.6 Å². The van der Waals surface area contributed by atoms with Crippen molar-refractivity contribution < 1.29 is 19.8 Å². The maximum Gasteiger partial charge on any atom is 0.316 e. The first kappa shape index (κ1) is 18.6. The van der Waals surface area contributed by atoms with Gasteiger partial charge in [0.05, 0.1) is 5.25 Å². The summed E-state index contributed by atoms with van der Waals surface area (Å²) in [6, 6.07) is 0. The number of rotatable bonds is 8. The predicted molar refractivity (Wildman–Crippen MR) is 71.7 cm³/mol. The van der Waals surface area contributed by atoms with Crippen LogP contribution in [0.2, 0.25) is 0 Å². The van der Waals surface area contributed by atoms with E-state index in [1.807, 2.05) is 6.92 Å². The van der Waals surface area contributed by atoms with E-state index in [9.17, 15) is 9.59 Å². The highest BCUT2D eigenvalue weighted by atomic mass is 32.1. The van der Waals surface area contributed by atoms with E-state index < -0.39 is 17.2 Å². The van der Waals surface area contributed by atoms with Gasteiger partial charge in [-0.1, -0.05) is 39.5 Å². The minimum atomic E-state index is -0.813. The Bertz CT molecular complexity index is 207. The van der Waals surface area contributed by atoms with Crippen LogP contribution in [-0.2, 0) is 9.59 Å². The summed E-state index contributed by atoms with van der Waals surface area (Å²) in [5, 5.41) is 16.0. The highest BCUT2D eigenvalue weighted by Gasteiger charge is 2.09. The second-order valence-corrected chi connectivity index (χ2v) is 4.47. The van der Waals surface area contributed by atoms with Gasteiger partial charge in [0.2, 0.25) is 0 Å². The zero-order valence-electron chi connectivity index (χ0n) is 10.7. The van der Waals surface area contributed by atoms with Gasteiger partial charge in [-0.25, -0.2) is 0 Å². The predicted octanol–water partition coefficient (Wildman–Crippen LogP) is 3.21. The topological polar surface area (TPSA) is 74.6 Å². The number of carbonyl (C=O) groups is 2. The van der Waals surface area contributed by atoms with Gasteiger partial charge < -0.3 is 10.2 Å². The Labute approximate surface area is 109 Å². The first-order valence-corrected chi connectivity index (χ1v) is 6.59. The molecular formula is C12H24O4S. The van der Waals surface area contributed by atoms with Crippen LogP contribution < -0.4 is 0 Å². The van der Waals surface area contributed by atoms with Crippen LogP contribution in [0.5, 0.6) is 0 Å². The molecule has 0 saturated carbocycles. The Morgan fingerprint density at radius 1 is 1.06 bits per heavy atom. The van der Waals surface area contributed by atoms with Gasteiger partial charge in [0.15, 0.2) is 0 Å². The van der Waals surface area contributed by atoms with Gasteiger partial charge in [0, 0.05) is 6.42 Å². The fourth-order valence-corrected chi connectivity index (χ4v) is 1.23. The number of aliphatic carboxylic acids is 2. The highest BCUT2D eigenvalue weighted by Crippen LogP contribution is 2.05. The van der Waals surface area contributed by atoms with Gasteiger partial charge in [0.25, 0.3) is 0 Å². The molecule has 0 saturated heterocycles. The van der Waals surface area contributed by atoms with Crippen molar-refractivity contribution in [3.05, 3.63) is 0 Å². The summed E-state index contributed by atoms with van der Waals surface area (Å²) >= 11 is 3.86. The van der Waals surface area contributed by atoms with E-state index in [4.69, 9.17) is 10.2 Å². The van der Waals surface area contributed by atoms with E-state index in [-0.39, 0.29) is 0 Å². The van der Waals surface area contributed by atoms with Gasteiger partial charge in [0.1, 0.15) is 0 Å². The van der Waals surface area contributed by atoms with Crippen molar-refractivity contribution in [1.82, 2.24) is 0 Å². The summed E-state index contributed by atoms with van der Waals surface area (Å²) in [6.45, 7) is 4.09. The largest absolute Gasteiger partial charge is 0.481 e. The maximum absolute atomic E-state index is 10.1. The molecule has 0 aromatic carbocycles. The molecule has 0 amide bonds. The minimum Gasteiger partial charge on any atom is -0.481 e. The molecular weight excluding hydrogens is 240 g/mol. The molecule has 0 fully saturated rings. The smallest absolute Gasteiger partial charge is 0.316 e. The van der Waals surface area contributed by atoms with Crippen LogP contribution in [0.1, 0.15) is 58.8 Å². The third kappa shape index (κ3) is 17.9. The summed E-state index contributed by atoms with van der Waals surface area (Å²) in [6.07, 6.45) is 5.93. The quantitative estimate of drug-likeness (QED) is 0.465. The molecule has 5 heteroatoms. The lowest BCUT2D eigenvalue weighted by Gasteiger charge is -2.01. The average molecular weight is 264 g/mol. The van der Waals surface area contributed by atoms with Crippen LogP contribution in [0.25, 0.3) is 0 Å². The average Bonchev–Trinajstić information content (AvgIpc) is 2.26. The number of hydrogen-bond acceptors (Lipinski definition) is 3. The molecule has 0 heterocycles. The second-order valence-electron chi connectivity index (χ2n) is 3.85. The van der Waals surface area contributed by atoms with Gasteiger partial charge in [-0.3, -0.25) is 9.59 Å². The molecule has 102 valence electrons. The van der Waals surface area contributed by atoms with Crippen LogP contribution in [-0.4, -0.2) is 27.4 Å². The third-order valence-corrected chi connectivity index (χ3v) is 2.59. The Hall–Kier alpha value is -0.710. The molecule has 0 aliphatic heterocycles. The van der Waals surface area contributed by atoms with E-state index >= 15 is 0 Å². The summed E-state index contributed by atoms with van der Waals surface area (Å²) in [4.78, 5) is 20.0. The standard InChI is InChI=1S/C6H12O2S.C6H12O2/c1-2-3-4-5(9)6(7)8;1-2-3-4-5-6(7)8/h5,9H,2-4H2,1H3,(H,7,8);2-5H2,1H3,(H,7,8). The molecule has 1 unspecified atom stereocenters. The van der Waals surface area contributed by atoms with E-state index in [1.165, 1.54) is 0 Å². The van der Waals surface area contributed by atoms with Gasteiger partial charge >= 0.3 is 11.9 Å². The lowest BCUT2D eigenvalue weighted by molar-refractivity contribution is -0.137. The second kappa shape index (κ2) is 13.4. The Kier molecular flexibility index (Phi) is 14.7. The SMILES string of the molecule is CCCCC(S)C(=O)O.CCCCCC(=O)O. The van der Waals surface area contributed by atoms with Gasteiger partial charge in [-0.2, -0.15) is 12.6 Å². The molecule has 0 aliphatic rings. The zero-order chi connectivity index (χ0) is 13.7. The molecule has 4 nitrogen and oxygen atoms in total.